The van der Waals surface area contributed by atoms with Gasteiger partial charge in [0.25, 0.3) is 0 Å². The van der Waals surface area contributed by atoms with Crippen LogP contribution in [0.5, 0.6) is 0 Å². The number of hydrogen-bond donors (Lipinski definition) is 0. The normalized spacial score (nSPS) is 13.7. The van der Waals surface area contributed by atoms with Crippen LogP contribution in [0.1, 0.15) is 149 Å². The Hall–Kier alpha value is -4.48. The lowest BCUT2D eigenvalue weighted by Crippen LogP contribution is -2.30. The molecule has 0 aromatic heterocycles. The van der Waals surface area contributed by atoms with E-state index in [1.807, 2.05) is 12.2 Å². The van der Waals surface area contributed by atoms with E-state index in [4.69, 9.17) is 14.2 Å². The van der Waals surface area contributed by atoms with E-state index in [1.165, 1.54) is 0 Å². The zero-order chi connectivity index (χ0) is 43.5. The molecule has 0 saturated heterocycles. The summed E-state index contributed by atoms with van der Waals surface area (Å²) in [5.74, 6) is -0.629. The van der Waals surface area contributed by atoms with Gasteiger partial charge in [0.05, 0.1) is 6.61 Å². The van der Waals surface area contributed by atoms with Crippen LogP contribution in [0, 0.1) is 0 Å². The minimum Gasteiger partial charge on any atom is -0.462 e. The lowest BCUT2D eigenvalue weighted by atomic mass is 10.2. The van der Waals surface area contributed by atoms with Crippen molar-refractivity contribution in [2.75, 3.05) is 19.8 Å². The summed E-state index contributed by atoms with van der Waals surface area (Å²) in [6.45, 7) is 7.17. The Kier molecular flexibility index (Phi) is 45.2. The van der Waals surface area contributed by atoms with Crippen LogP contribution >= 0.6 is 0 Å². The van der Waals surface area contributed by atoms with E-state index in [0.29, 0.717) is 19.4 Å². The molecule has 5 heteroatoms. The zero-order valence-corrected chi connectivity index (χ0v) is 37.9. The molecule has 0 aromatic carbocycles. The first kappa shape index (κ1) is 55.5. The Morgan fingerprint density at radius 1 is 0.367 bits per heavy atom. The van der Waals surface area contributed by atoms with Gasteiger partial charge in [-0.1, -0.05) is 179 Å². The minimum absolute atomic E-state index is 0.0111. The number of carbonyl (C=O) groups is 2. The third kappa shape index (κ3) is 46.2. The van der Waals surface area contributed by atoms with Crippen molar-refractivity contribution in [1.29, 1.82) is 0 Å². The van der Waals surface area contributed by atoms with Crippen molar-refractivity contribution >= 4 is 11.9 Å². The molecule has 60 heavy (non-hydrogen) atoms. The van der Waals surface area contributed by atoms with Gasteiger partial charge in [-0.2, -0.15) is 0 Å². The average molecular weight is 823 g/mol. The number of unbranched alkanes of at least 4 members (excludes halogenated alkanes) is 2. The summed E-state index contributed by atoms with van der Waals surface area (Å²) in [5.41, 5.74) is 0. The van der Waals surface area contributed by atoms with Crippen molar-refractivity contribution in [1.82, 2.24) is 0 Å². The molecular formula is C55H82O5. The van der Waals surface area contributed by atoms with Gasteiger partial charge in [0, 0.05) is 19.4 Å². The SMILES string of the molecule is CC/C=C\C/C=C\C/C=C\C/C=C\C/C=C\CCCCOCC(COC(=O)CC/C=C\C/C=C\C/C=C\C/C=C\CC)OC(=O)CC/C=C\C/C=C\C/C=C\C/C=C\CC. The van der Waals surface area contributed by atoms with E-state index in [-0.39, 0.29) is 38.0 Å². The van der Waals surface area contributed by atoms with Crippen LogP contribution in [0.25, 0.3) is 0 Å². The van der Waals surface area contributed by atoms with Gasteiger partial charge in [0.15, 0.2) is 6.10 Å². The van der Waals surface area contributed by atoms with Crippen molar-refractivity contribution in [3.05, 3.63) is 158 Å². The second-order valence-corrected chi connectivity index (χ2v) is 14.2. The molecule has 0 saturated carbocycles. The summed E-state index contributed by atoms with van der Waals surface area (Å²) in [4.78, 5) is 25.2. The van der Waals surface area contributed by atoms with E-state index in [2.05, 4.69) is 167 Å². The summed E-state index contributed by atoms with van der Waals surface area (Å²) in [6.07, 6.45) is 72.8. The Labute approximate surface area is 367 Å². The molecule has 0 rings (SSSR count). The summed E-state index contributed by atoms with van der Waals surface area (Å²) >= 11 is 0. The van der Waals surface area contributed by atoms with E-state index in [0.717, 1.165) is 103 Å². The van der Waals surface area contributed by atoms with Gasteiger partial charge in [-0.05, 0) is 116 Å². The van der Waals surface area contributed by atoms with Gasteiger partial charge in [0.2, 0.25) is 0 Å². The third-order valence-electron chi connectivity index (χ3n) is 8.57. The minimum atomic E-state index is -0.637. The topological polar surface area (TPSA) is 61.8 Å². The van der Waals surface area contributed by atoms with Gasteiger partial charge in [-0.15, -0.1) is 0 Å². The van der Waals surface area contributed by atoms with Crippen molar-refractivity contribution < 1.29 is 23.8 Å². The third-order valence-corrected chi connectivity index (χ3v) is 8.57. The highest BCUT2D eigenvalue weighted by Crippen LogP contribution is 2.07. The summed E-state index contributed by atoms with van der Waals surface area (Å²) in [5, 5.41) is 0. The standard InChI is InChI=1S/C55H82O5/c1-4-7-10-13-16-19-22-25-26-27-28-29-32-35-38-41-44-47-50-58-51-53(60-55(57)49-46-43-40-37-34-31-24-21-18-15-12-9-6-3)52-59-54(56)48-45-42-39-36-33-30-23-20-17-14-11-8-5-2/h7-12,16-21,25-26,28-31,33-35,38-40,42-43,53H,4-6,13-15,22-24,27,32,36-37,41,44-52H2,1-3H3/b10-7-,11-8-,12-9-,19-16-,20-17-,21-18-,26-25-,29-28-,33-30-,34-31-,38-35-,42-39-,43-40-. The summed E-state index contributed by atoms with van der Waals surface area (Å²) in [6, 6.07) is 0. The number of esters is 2. The predicted octanol–water partition coefficient (Wildman–Crippen LogP) is 15.6. The van der Waals surface area contributed by atoms with Crippen LogP contribution in [-0.4, -0.2) is 37.9 Å². The second-order valence-electron chi connectivity index (χ2n) is 14.2. The van der Waals surface area contributed by atoms with Crippen molar-refractivity contribution in [2.45, 2.75) is 155 Å². The molecule has 0 amide bonds. The van der Waals surface area contributed by atoms with Crippen molar-refractivity contribution in [2.24, 2.45) is 0 Å². The van der Waals surface area contributed by atoms with Gasteiger partial charge in [0.1, 0.15) is 6.61 Å². The molecule has 0 aliphatic carbocycles. The Morgan fingerprint density at radius 2 is 0.683 bits per heavy atom. The highest BCUT2D eigenvalue weighted by atomic mass is 16.6. The second kappa shape index (κ2) is 48.9. The lowest BCUT2D eigenvalue weighted by molar-refractivity contribution is -0.162. The van der Waals surface area contributed by atoms with Crippen molar-refractivity contribution in [3.63, 3.8) is 0 Å². The average Bonchev–Trinajstić information content (AvgIpc) is 3.25. The van der Waals surface area contributed by atoms with E-state index in [9.17, 15) is 9.59 Å². The molecule has 0 aliphatic rings. The quantitative estimate of drug-likeness (QED) is 0.0351. The summed E-state index contributed by atoms with van der Waals surface area (Å²) in [7, 11) is 0. The molecule has 0 aliphatic heterocycles. The maximum absolute atomic E-state index is 12.7. The molecule has 0 spiro atoms. The van der Waals surface area contributed by atoms with Gasteiger partial charge < -0.3 is 14.2 Å². The number of rotatable bonds is 39. The van der Waals surface area contributed by atoms with E-state index in [1.54, 1.807) is 0 Å². The number of ether oxygens (including phenoxy) is 3. The van der Waals surface area contributed by atoms with E-state index < -0.39 is 6.10 Å². The van der Waals surface area contributed by atoms with Gasteiger partial charge in [-0.25, -0.2) is 0 Å². The molecule has 0 radical (unpaired) electrons. The molecule has 0 heterocycles. The fourth-order valence-electron chi connectivity index (χ4n) is 5.27. The van der Waals surface area contributed by atoms with Crippen LogP contribution in [0.15, 0.2) is 158 Å². The fourth-order valence-corrected chi connectivity index (χ4v) is 5.27. The smallest absolute Gasteiger partial charge is 0.306 e. The summed E-state index contributed by atoms with van der Waals surface area (Å²) < 4.78 is 17.1. The van der Waals surface area contributed by atoms with Gasteiger partial charge >= 0.3 is 11.9 Å². The van der Waals surface area contributed by atoms with Crippen LogP contribution in [0.2, 0.25) is 0 Å². The maximum Gasteiger partial charge on any atom is 0.306 e. The van der Waals surface area contributed by atoms with Crippen LogP contribution in [0.3, 0.4) is 0 Å². The Bertz CT molecular complexity index is 1390. The fraction of sp³-hybridized carbons (Fsp3) is 0.491. The first-order valence-corrected chi connectivity index (χ1v) is 23.0. The Balaban J connectivity index is 4.57. The molecule has 0 aromatic rings. The van der Waals surface area contributed by atoms with Gasteiger partial charge in [-0.3, -0.25) is 9.59 Å². The number of hydrogen-bond acceptors (Lipinski definition) is 5. The Morgan fingerprint density at radius 3 is 1.05 bits per heavy atom. The molecular weight excluding hydrogens is 741 g/mol. The maximum atomic E-state index is 12.7. The molecule has 332 valence electrons. The highest BCUT2D eigenvalue weighted by molar-refractivity contribution is 5.70. The molecule has 5 nitrogen and oxygen atoms in total. The molecule has 0 bridgehead atoms. The monoisotopic (exact) mass is 823 g/mol. The van der Waals surface area contributed by atoms with Crippen LogP contribution in [-0.2, 0) is 23.8 Å². The lowest BCUT2D eigenvalue weighted by Gasteiger charge is -2.18. The van der Waals surface area contributed by atoms with E-state index >= 15 is 0 Å². The molecule has 1 unspecified atom stereocenters. The predicted molar refractivity (Wildman–Crippen MR) is 260 cm³/mol. The first-order chi connectivity index (χ1) is 29.6. The number of carbonyl (C=O) groups excluding carboxylic acids is 2. The van der Waals surface area contributed by atoms with Crippen molar-refractivity contribution in [3.8, 4) is 0 Å². The number of allylic oxidation sites excluding steroid dienone is 26. The molecule has 0 fully saturated rings. The van der Waals surface area contributed by atoms with Crippen LogP contribution in [0.4, 0.5) is 0 Å². The molecule has 1 atom stereocenters. The largest absolute Gasteiger partial charge is 0.462 e. The highest BCUT2D eigenvalue weighted by Gasteiger charge is 2.17. The first-order valence-electron chi connectivity index (χ1n) is 23.0. The van der Waals surface area contributed by atoms with Crippen LogP contribution < -0.4 is 0 Å². The molecule has 0 N–H and O–H groups in total. The zero-order valence-electron chi connectivity index (χ0n) is 37.9.